The molecule has 0 atom stereocenters. The SMILES string of the molecule is CCNc1sc(S(=O)(=O)N(C)C2CC2)cc1[N+](=O)[O-]. The molecular weight excluding hydrogens is 290 g/mol. The zero-order valence-electron chi connectivity index (χ0n) is 10.6. The van der Waals surface area contributed by atoms with Crippen LogP contribution in [0.3, 0.4) is 0 Å². The molecule has 0 amide bonds. The molecule has 1 aliphatic carbocycles. The lowest BCUT2D eigenvalue weighted by molar-refractivity contribution is -0.383. The first-order valence-corrected chi connectivity index (χ1v) is 8.13. The van der Waals surface area contributed by atoms with Gasteiger partial charge in [-0.15, -0.1) is 0 Å². The number of sulfonamides is 1. The molecule has 2 rings (SSSR count). The molecule has 0 aliphatic heterocycles. The smallest absolute Gasteiger partial charge is 0.304 e. The van der Waals surface area contributed by atoms with Crippen LogP contribution in [0.15, 0.2) is 10.3 Å². The first-order chi connectivity index (χ1) is 8.87. The van der Waals surface area contributed by atoms with E-state index in [4.69, 9.17) is 0 Å². The highest BCUT2D eigenvalue weighted by Crippen LogP contribution is 2.40. The Bertz CT molecular complexity index is 592. The summed E-state index contributed by atoms with van der Waals surface area (Å²) in [6, 6.07) is 1.17. The molecule has 0 unspecified atom stereocenters. The van der Waals surface area contributed by atoms with Crippen molar-refractivity contribution in [1.82, 2.24) is 4.31 Å². The van der Waals surface area contributed by atoms with E-state index >= 15 is 0 Å². The molecule has 1 heterocycles. The number of nitrogens with zero attached hydrogens (tertiary/aromatic N) is 2. The minimum absolute atomic E-state index is 0.0181. The summed E-state index contributed by atoms with van der Waals surface area (Å²) in [7, 11) is -2.10. The highest BCUT2D eigenvalue weighted by atomic mass is 32.2. The molecule has 0 saturated heterocycles. The van der Waals surface area contributed by atoms with Gasteiger partial charge < -0.3 is 5.32 Å². The van der Waals surface area contributed by atoms with Gasteiger partial charge >= 0.3 is 5.69 Å². The Morgan fingerprint density at radius 2 is 2.21 bits per heavy atom. The molecule has 1 N–H and O–H groups in total. The van der Waals surface area contributed by atoms with Crippen LogP contribution in [0.25, 0.3) is 0 Å². The minimum Gasteiger partial charge on any atom is -0.372 e. The Labute approximate surface area is 115 Å². The number of anilines is 1. The van der Waals surface area contributed by atoms with Crippen molar-refractivity contribution in [2.24, 2.45) is 0 Å². The normalized spacial score (nSPS) is 15.7. The fourth-order valence-corrected chi connectivity index (χ4v) is 4.68. The predicted octanol–water partition coefficient (Wildman–Crippen LogP) is 1.87. The number of rotatable bonds is 6. The summed E-state index contributed by atoms with van der Waals surface area (Å²) in [5.74, 6) is 0. The van der Waals surface area contributed by atoms with Crippen molar-refractivity contribution in [3.63, 3.8) is 0 Å². The van der Waals surface area contributed by atoms with Crippen LogP contribution in [0.1, 0.15) is 19.8 Å². The van der Waals surface area contributed by atoms with E-state index in [1.54, 1.807) is 6.92 Å². The fourth-order valence-electron chi connectivity index (χ4n) is 1.69. The summed E-state index contributed by atoms with van der Waals surface area (Å²) in [5.41, 5.74) is -0.186. The van der Waals surface area contributed by atoms with Gasteiger partial charge in [0.15, 0.2) is 5.00 Å². The monoisotopic (exact) mass is 305 g/mol. The van der Waals surface area contributed by atoms with Crippen molar-refractivity contribution in [2.75, 3.05) is 18.9 Å². The van der Waals surface area contributed by atoms with Crippen molar-refractivity contribution in [2.45, 2.75) is 30.0 Å². The average Bonchev–Trinajstić information content (AvgIpc) is 3.09. The van der Waals surface area contributed by atoms with Crippen LogP contribution < -0.4 is 5.32 Å². The Kier molecular flexibility index (Phi) is 3.79. The van der Waals surface area contributed by atoms with Gasteiger partial charge in [0.2, 0.25) is 0 Å². The molecule has 7 nitrogen and oxygen atoms in total. The molecule has 0 spiro atoms. The van der Waals surface area contributed by atoms with Crippen LogP contribution >= 0.6 is 11.3 Å². The lowest BCUT2D eigenvalue weighted by Gasteiger charge is -2.14. The van der Waals surface area contributed by atoms with Crippen LogP contribution in [-0.4, -0.2) is 37.3 Å². The summed E-state index contributed by atoms with van der Waals surface area (Å²) in [6.45, 7) is 2.30. The maximum atomic E-state index is 12.3. The topological polar surface area (TPSA) is 92.6 Å². The molecule has 0 aromatic carbocycles. The van der Waals surface area contributed by atoms with Crippen molar-refractivity contribution < 1.29 is 13.3 Å². The quantitative estimate of drug-likeness (QED) is 0.640. The van der Waals surface area contributed by atoms with Crippen LogP contribution in [0.5, 0.6) is 0 Å². The largest absolute Gasteiger partial charge is 0.372 e. The lowest BCUT2D eigenvalue weighted by atomic mass is 10.5. The zero-order chi connectivity index (χ0) is 14.2. The van der Waals surface area contributed by atoms with Gasteiger partial charge in [-0.05, 0) is 19.8 Å². The highest BCUT2D eigenvalue weighted by Gasteiger charge is 2.37. The van der Waals surface area contributed by atoms with Gasteiger partial charge in [-0.25, -0.2) is 8.42 Å². The highest BCUT2D eigenvalue weighted by molar-refractivity contribution is 7.91. The third kappa shape index (κ3) is 2.72. The molecular formula is C10H15N3O4S2. The second-order valence-electron chi connectivity index (χ2n) is 4.32. The molecule has 0 radical (unpaired) electrons. The van der Waals surface area contributed by atoms with Gasteiger partial charge in [0.1, 0.15) is 4.21 Å². The van der Waals surface area contributed by atoms with Gasteiger partial charge in [-0.1, -0.05) is 11.3 Å². The maximum Gasteiger partial charge on any atom is 0.304 e. The predicted molar refractivity (Wildman–Crippen MR) is 73.1 cm³/mol. The first kappa shape index (κ1) is 14.2. The Hall–Kier alpha value is -1.19. The third-order valence-corrected chi connectivity index (χ3v) is 6.36. The van der Waals surface area contributed by atoms with E-state index in [9.17, 15) is 18.5 Å². The Morgan fingerprint density at radius 3 is 2.68 bits per heavy atom. The van der Waals surface area contributed by atoms with Crippen molar-refractivity contribution in [3.8, 4) is 0 Å². The van der Waals surface area contributed by atoms with Gasteiger partial charge in [0.05, 0.1) is 4.92 Å². The second kappa shape index (κ2) is 5.06. The molecule has 9 heteroatoms. The zero-order valence-corrected chi connectivity index (χ0v) is 12.3. The first-order valence-electron chi connectivity index (χ1n) is 5.88. The molecule has 1 saturated carbocycles. The van der Waals surface area contributed by atoms with Gasteiger partial charge in [-0.2, -0.15) is 4.31 Å². The van der Waals surface area contributed by atoms with Crippen LogP contribution in [-0.2, 0) is 10.0 Å². The Balaban J connectivity index is 2.39. The summed E-state index contributed by atoms with van der Waals surface area (Å²) in [4.78, 5) is 10.4. The van der Waals surface area contributed by atoms with Gasteiger partial charge in [-0.3, -0.25) is 10.1 Å². The summed E-state index contributed by atoms with van der Waals surface area (Å²) in [5, 5.41) is 14.0. The van der Waals surface area contributed by atoms with E-state index in [-0.39, 0.29) is 20.9 Å². The van der Waals surface area contributed by atoms with Crippen LogP contribution in [0.4, 0.5) is 10.7 Å². The van der Waals surface area contributed by atoms with Crippen LogP contribution in [0.2, 0.25) is 0 Å². The summed E-state index contributed by atoms with van der Waals surface area (Å²) < 4.78 is 25.9. The standard InChI is InChI=1S/C10H15N3O4S2/c1-3-11-10-8(13(14)15)6-9(18-10)19(16,17)12(2)7-4-5-7/h6-7,11H,3-5H2,1-2H3. The minimum atomic E-state index is -3.62. The second-order valence-corrected chi connectivity index (χ2v) is 7.60. The van der Waals surface area contributed by atoms with Gasteiger partial charge in [0, 0.05) is 25.7 Å². The molecule has 1 aliphatic rings. The number of nitro groups is 1. The number of hydrogen-bond acceptors (Lipinski definition) is 6. The molecule has 0 bridgehead atoms. The van der Waals surface area contributed by atoms with Crippen molar-refractivity contribution in [1.29, 1.82) is 0 Å². The molecule has 106 valence electrons. The number of nitrogens with one attached hydrogen (secondary N) is 1. The molecule has 1 aromatic heterocycles. The lowest BCUT2D eigenvalue weighted by Crippen LogP contribution is -2.28. The molecule has 1 aromatic rings. The molecule has 19 heavy (non-hydrogen) atoms. The van der Waals surface area contributed by atoms with E-state index in [1.807, 2.05) is 0 Å². The van der Waals surface area contributed by atoms with E-state index in [0.717, 1.165) is 30.2 Å². The third-order valence-electron chi connectivity index (χ3n) is 2.92. The van der Waals surface area contributed by atoms with E-state index < -0.39 is 14.9 Å². The van der Waals surface area contributed by atoms with Gasteiger partial charge in [0.25, 0.3) is 10.0 Å². The van der Waals surface area contributed by atoms with E-state index in [0.29, 0.717) is 6.54 Å². The van der Waals surface area contributed by atoms with E-state index in [2.05, 4.69) is 5.32 Å². The molecule has 1 fully saturated rings. The maximum absolute atomic E-state index is 12.3. The van der Waals surface area contributed by atoms with Crippen LogP contribution in [0, 0.1) is 10.1 Å². The fraction of sp³-hybridized carbons (Fsp3) is 0.600. The summed E-state index contributed by atoms with van der Waals surface area (Å²) >= 11 is 0.910. The van der Waals surface area contributed by atoms with Crippen molar-refractivity contribution in [3.05, 3.63) is 16.2 Å². The average molecular weight is 305 g/mol. The summed E-state index contributed by atoms with van der Waals surface area (Å²) in [6.07, 6.45) is 1.70. The van der Waals surface area contributed by atoms with Crippen molar-refractivity contribution >= 4 is 32.0 Å². The number of thiophene rings is 1. The Morgan fingerprint density at radius 1 is 1.58 bits per heavy atom. The number of hydrogen-bond donors (Lipinski definition) is 1. The van der Waals surface area contributed by atoms with E-state index in [1.165, 1.54) is 11.4 Å².